The molecule has 1 saturated heterocycles. The summed E-state index contributed by atoms with van der Waals surface area (Å²) in [5.74, 6) is -0.277. The molecule has 0 spiro atoms. The minimum atomic E-state index is -4.53. The monoisotopic (exact) mass is 383 g/mol. The zero-order chi connectivity index (χ0) is 17.4. The Hall–Kier alpha value is -1.73. The van der Waals surface area contributed by atoms with Gasteiger partial charge in [0.15, 0.2) is 0 Å². The highest BCUT2D eigenvalue weighted by Crippen LogP contribution is 2.34. The van der Waals surface area contributed by atoms with Crippen molar-refractivity contribution in [2.24, 2.45) is 0 Å². The van der Waals surface area contributed by atoms with Crippen LogP contribution in [0.25, 0.3) is 0 Å². The molecule has 0 atom stereocenters. The van der Waals surface area contributed by atoms with E-state index in [1.165, 1.54) is 16.6 Å². The van der Waals surface area contributed by atoms with Crippen LogP contribution in [0.5, 0.6) is 0 Å². The molecule has 3 heterocycles. The molecule has 2 aromatic heterocycles. The van der Waals surface area contributed by atoms with Crippen LogP contribution in [0.1, 0.15) is 10.7 Å². The Labute approximate surface area is 138 Å². The number of nitrogens with zero attached hydrogens (tertiary/aromatic N) is 5. The first-order chi connectivity index (χ1) is 11.3. The Morgan fingerprint density at radius 1 is 1.21 bits per heavy atom. The molecule has 1 aliphatic rings. The second-order valence-corrected chi connectivity index (χ2v) is 7.95. The molecule has 0 saturated carbocycles. The number of aromatic nitrogens is 3. The van der Waals surface area contributed by atoms with E-state index >= 15 is 0 Å². The second kappa shape index (κ2) is 6.29. The van der Waals surface area contributed by atoms with Crippen molar-refractivity contribution in [1.29, 1.82) is 0 Å². The summed E-state index contributed by atoms with van der Waals surface area (Å²) in [4.78, 5) is 1.59. The number of sulfonamides is 1. The Bertz CT molecular complexity index is 782. The zero-order valence-electron chi connectivity index (χ0n) is 12.1. The number of rotatable bonds is 4. The van der Waals surface area contributed by atoms with Crippen molar-refractivity contribution in [3.63, 3.8) is 0 Å². The molecule has 0 aliphatic carbocycles. The van der Waals surface area contributed by atoms with Crippen LogP contribution in [0.3, 0.4) is 0 Å². The molecule has 0 aromatic carbocycles. The summed E-state index contributed by atoms with van der Waals surface area (Å²) in [5.41, 5.74) is 0.302. The number of piperazine rings is 1. The van der Waals surface area contributed by atoms with Crippen LogP contribution in [0.15, 0.2) is 16.9 Å². The van der Waals surface area contributed by atoms with Crippen molar-refractivity contribution in [2.75, 3.05) is 31.1 Å². The van der Waals surface area contributed by atoms with Gasteiger partial charge in [0, 0.05) is 32.2 Å². The van der Waals surface area contributed by atoms with Gasteiger partial charge in [0.1, 0.15) is 12.0 Å². The zero-order valence-corrected chi connectivity index (χ0v) is 13.7. The van der Waals surface area contributed by atoms with Gasteiger partial charge in [-0.15, -0.1) is 10.2 Å². The third kappa shape index (κ3) is 3.67. The van der Waals surface area contributed by atoms with Gasteiger partial charge >= 0.3 is 6.18 Å². The van der Waals surface area contributed by atoms with Gasteiger partial charge in [-0.2, -0.15) is 17.5 Å². The summed E-state index contributed by atoms with van der Waals surface area (Å²) in [5, 5.41) is 9.36. The van der Waals surface area contributed by atoms with Crippen molar-refractivity contribution >= 4 is 26.5 Å². The fourth-order valence-electron chi connectivity index (χ4n) is 2.21. The largest absolute Gasteiger partial charge is 0.445 e. The smallest absolute Gasteiger partial charge is 0.364 e. The second-order valence-electron chi connectivity index (χ2n) is 5.02. The predicted octanol–water partition coefficient (Wildman–Crippen LogP) is 1.20. The molecule has 3 rings (SSSR count). The molecule has 0 unspecified atom stereocenters. The first kappa shape index (κ1) is 17.1. The van der Waals surface area contributed by atoms with E-state index in [0.717, 1.165) is 0 Å². The molecular formula is C11H12F3N5O3S2. The predicted molar refractivity (Wildman–Crippen MR) is 77.8 cm³/mol. The quantitative estimate of drug-likeness (QED) is 0.783. The highest BCUT2D eigenvalue weighted by molar-refractivity contribution is 7.88. The standard InChI is InChI=1S/C11H12F3N5O3S2/c12-11(13,14)9-15-16-10(23-9)18-2-4-19(5-3-18)24(20,21)7-8-1-6-22-17-8/h1,6H,2-5,7H2. The van der Waals surface area contributed by atoms with Gasteiger partial charge < -0.3 is 9.42 Å². The van der Waals surface area contributed by atoms with Gasteiger partial charge in [-0.05, 0) is 0 Å². The highest BCUT2D eigenvalue weighted by atomic mass is 32.2. The number of anilines is 1. The van der Waals surface area contributed by atoms with Gasteiger partial charge in [0.25, 0.3) is 0 Å². The SMILES string of the molecule is O=S(=O)(Cc1ccon1)N1CCN(c2nnc(C(F)(F)F)s2)CC1. The van der Waals surface area contributed by atoms with Gasteiger partial charge in [0.05, 0.1) is 5.69 Å². The normalized spacial score (nSPS) is 17.4. The van der Waals surface area contributed by atoms with Crippen molar-refractivity contribution in [2.45, 2.75) is 11.9 Å². The Kier molecular flexibility index (Phi) is 4.48. The lowest BCUT2D eigenvalue weighted by atomic mass is 10.4. The summed E-state index contributed by atoms with van der Waals surface area (Å²) in [7, 11) is -3.56. The molecule has 1 fully saturated rings. The van der Waals surface area contributed by atoms with Crippen LogP contribution in [-0.2, 0) is 22.0 Å². The van der Waals surface area contributed by atoms with Crippen LogP contribution in [0.4, 0.5) is 18.3 Å². The lowest BCUT2D eigenvalue weighted by molar-refractivity contribution is -0.138. The van der Waals surface area contributed by atoms with E-state index in [1.54, 1.807) is 4.90 Å². The maximum absolute atomic E-state index is 12.6. The minimum Gasteiger partial charge on any atom is -0.364 e. The summed E-state index contributed by atoms with van der Waals surface area (Å²) >= 11 is 0.447. The lowest BCUT2D eigenvalue weighted by Crippen LogP contribution is -2.49. The molecule has 2 aromatic rings. The number of hydrogen-bond acceptors (Lipinski definition) is 8. The molecule has 13 heteroatoms. The van der Waals surface area contributed by atoms with Gasteiger partial charge in [-0.3, -0.25) is 0 Å². The summed E-state index contributed by atoms with van der Waals surface area (Å²) in [6.45, 7) is 0.789. The summed E-state index contributed by atoms with van der Waals surface area (Å²) < 4.78 is 68.1. The van der Waals surface area contributed by atoms with Gasteiger partial charge in [-0.25, -0.2) is 8.42 Å². The number of hydrogen-bond donors (Lipinski definition) is 0. The number of alkyl halides is 3. The third-order valence-corrected chi connectivity index (χ3v) is 6.22. The fraction of sp³-hybridized carbons (Fsp3) is 0.545. The Morgan fingerprint density at radius 2 is 1.92 bits per heavy atom. The van der Waals surface area contributed by atoms with Gasteiger partial charge in [-0.1, -0.05) is 16.5 Å². The van der Waals surface area contributed by atoms with Crippen LogP contribution >= 0.6 is 11.3 Å². The molecule has 0 radical (unpaired) electrons. The van der Waals surface area contributed by atoms with E-state index in [0.29, 0.717) is 17.0 Å². The fourth-order valence-corrected chi connectivity index (χ4v) is 4.39. The topological polar surface area (TPSA) is 92.4 Å². The van der Waals surface area contributed by atoms with E-state index < -0.39 is 21.2 Å². The molecule has 132 valence electrons. The molecule has 24 heavy (non-hydrogen) atoms. The van der Waals surface area contributed by atoms with Crippen LogP contribution in [0.2, 0.25) is 0 Å². The first-order valence-corrected chi connectivity index (χ1v) is 9.21. The van der Waals surface area contributed by atoms with Crippen molar-refractivity contribution in [3.8, 4) is 0 Å². The average Bonchev–Trinajstić information content (AvgIpc) is 3.17. The van der Waals surface area contributed by atoms with E-state index in [1.807, 2.05) is 0 Å². The lowest BCUT2D eigenvalue weighted by Gasteiger charge is -2.33. The summed E-state index contributed by atoms with van der Waals surface area (Å²) in [6, 6.07) is 1.47. The van der Waals surface area contributed by atoms with E-state index in [4.69, 9.17) is 0 Å². The van der Waals surface area contributed by atoms with Crippen molar-refractivity contribution in [3.05, 3.63) is 23.0 Å². The van der Waals surface area contributed by atoms with Gasteiger partial charge in [0.2, 0.25) is 20.2 Å². The first-order valence-electron chi connectivity index (χ1n) is 6.78. The molecule has 8 nitrogen and oxygen atoms in total. The molecule has 0 amide bonds. The summed E-state index contributed by atoms with van der Waals surface area (Å²) in [6.07, 6.45) is -3.24. The van der Waals surface area contributed by atoms with Crippen LogP contribution < -0.4 is 4.90 Å². The Balaban J connectivity index is 1.62. The molecule has 0 bridgehead atoms. The molecule has 0 N–H and O–H groups in total. The van der Waals surface area contributed by atoms with E-state index in [-0.39, 0.29) is 37.1 Å². The van der Waals surface area contributed by atoms with Crippen molar-refractivity contribution < 1.29 is 26.1 Å². The molecular weight excluding hydrogens is 371 g/mol. The molecule has 1 aliphatic heterocycles. The third-order valence-electron chi connectivity index (χ3n) is 3.38. The minimum absolute atomic E-state index is 0.135. The maximum Gasteiger partial charge on any atom is 0.445 e. The average molecular weight is 383 g/mol. The van der Waals surface area contributed by atoms with E-state index in [2.05, 4.69) is 19.9 Å². The van der Waals surface area contributed by atoms with Crippen LogP contribution in [0, 0.1) is 0 Å². The van der Waals surface area contributed by atoms with Crippen molar-refractivity contribution in [1.82, 2.24) is 19.7 Å². The van der Waals surface area contributed by atoms with E-state index in [9.17, 15) is 21.6 Å². The maximum atomic E-state index is 12.6. The van der Waals surface area contributed by atoms with Crippen LogP contribution in [-0.4, -0.2) is 54.3 Å². The Morgan fingerprint density at radius 3 is 2.46 bits per heavy atom. The number of halogens is 3. The highest BCUT2D eigenvalue weighted by Gasteiger charge is 2.37.